The van der Waals surface area contributed by atoms with Crippen molar-refractivity contribution in [1.82, 2.24) is 9.88 Å². The number of nitrogens with zero attached hydrogens (tertiary/aromatic N) is 2. The van der Waals surface area contributed by atoms with Gasteiger partial charge in [-0.25, -0.2) is 4.98 Å². The van der Waals surface area contributed by atoms with Gasteiger partial charge in [0, 0.05) is 31.1 Å². The molecule has 1 N–H and O–H groups in total. The highest BCUT2D eigenvalue weighted by molar-refractivity contribution is 7.17. The van der Waals surface area contributed by atoms with E-state index in [4.69, 9.17) is 0 Å². The molecule has 2 heterocycles. The number of piperidine rings is 1. The Bertz CT molecular complexity index is 757. The van der Waals surface area contributed by atoms with Gasteiger partial charge in [0.25, 0.3) is 5.91 Å². The lowest BCUT2D eigenvalue weighted by Crippen LogP contribution is -2.42. The first-order chi connectivity index (χ1) is 12.1. The lowest BCUT2D eigenvalue weighted by atomic mass is 9.90. The predicted octanol–water partition coefficient (Wildman–Crippen LogP) is 3.62. The van der Waals surface area contributed by atoms with Crippen molar-refractivity contribution < 1.29 is 9.59 Å². The molecule has 0 saturated carbocycles. The van der Waals surface area contributed by atoms with Crippen molar-refractivity contribution in [2.24, 2.45) is 5.92 Å². The molecule has 2 aromatic rings. The fraction of sp³-hybridized carbons (Fsp3) is 0.421. The van der Waals surface area contributed by atoms with E-state index in [9.17, 15) is 9.59 Å². The average Bonchev–Trinajstić information content (AvgIpc) is 3.02. The Morgan fingerprint density at radius 1 is 1.32 bits per heavy atom. The van der Waals surface area contributed by atoms with Gasteiger partial charge in [-0.05, 0) is 26.7 Å². The largest absolute Gasteiger partial charge is 0.362 e. The number of aryl methyl sites for hydroxylation is 1. The Labute approximate surface area is 152 Å². The molecule has 3 rings (SSSR count). The maximum absolute atomic E-state index is 12.9. The van der Waals surface area contributed by atoms with Gasteiger partial charge in [-0.1, -0.05) is 41.7 Å². The number of nitrogens with one attached hydrogen (secondary N) is 1. The van der Waals surface area contributed by atoms with Gasteiger partial charge in [-0.2, -0.15) is 0 Å². The summed E-state index contributed by atoms with van der Waals surface area (Å²) in [6, 6.07) is 9.35. The van der Waals surface area contributed by atoms with Gasteiger partial charge in [-0.3, -0.25) is 9.59 Å². The molecule has 1 saturated heterocycles. The third-order valence-electron chi connectivity index (χ3n) is 4.46. The molecule has 1 aliphatic heterocycles. The Morgan fingerprint density at radius 2 is 2.08 bits per heavy atom. The average molecular weight is 357 g/mol. The number of anilines is 1. The summed E-state index contributed by atoms with van der Waals surface area (Å²) in [5, 5.41) is 3.93. The number of ketones is 1. The van der Waals surface area contributed by atoms with Crippen LogP contribution in [-0.2, 0) is 0 Å². The third-order valence-corrected chi connectivity index (χ3v) is 5.56. The van der Waals surface area contributed by atoms with Gasteiger partial charge in [0.2, 0.25) is 0 Å². The van der Waals surface area contributed by atoms with Gasteiger partial charge in [0.05, 0.1) is 5.69 Å². The van der Waals surface area contributed by atoms with Crippen molar-refractivity contribution in [1.29, 1.82) is 0 Å². The van der Waals surface area contributed by atoms with E-state index in [2.05, 4.69) is 10.3 Å². The molecule has 25 heavy (non-hydrogen) atoms. The predicted molar refractivity (Wildman–Crippen MR) is 100 cm³/mol. The lowest BCUT2D eigenvalue weighted by Gasteiger charge is -2.31. The van der Waals surface area contributed by atoms with Crippen LogP contribution < -0.4 is 5.32 Å². The molecule has 1 atom stereocenters. The Hall–Kier alpha value is -2.21. The van der Waals surface area contributed by atoms with Crippen LogP contribution in [0.1, 0.15) is 45.5 Å². The molecule has 1 amide bonds. The summed E-state index contributed by atoms with van der Waals surface area (Å²) in [4.78, 5) is 32.5. The first-order valence-electron chi connectivity index (χ1n) is 8.70. The summed E-state index contributed by atoms with van der Waals surface area (Å²) in [6.45, 7) is 5.83. The number of thiazole rings is 1. The minimum Gasteiger partial charge on any atom is -0.362 e. The van der Waals surface area contributed by atoms with Crippen LogP contribution in [0.3, 0.4) is 0 Å². The number of hydrogen-bond acceptors (Lipinski definition) is 5. The third kappa shape index (κ3) is 3.90. The summed E-state index contributed by atoms with van der Waals surface area (Å²) in [5.74, 6) is -0.00116. The first-order valence-corrected chi connectivity index (χ1v) is 9.51. The first kappa shape index (κ1) is 17.6. The van der Waals surface area contributed by atoms with E-state index in [0.717, 1.165) is 35.8 Å². The standard InChI is InChI=1S/C19H23N3O2S/c1-3-20-19-21-13(2)17(25-19)18(24)22-11-7-10-15(12-22)16(23)14-8-5-4-6-9-14/h4-6,8-9,15H,3,7,10-12H2,1-2H3,(H,20,21)/t15-/m0/s1. The number of likely N-dealkylation sites (tertiary alicyclic amines) is 1. The summed E-state index contributed by atoms with van der Waals surface area (Å²) < 4.78 is 0. The molecule has 6 heteroatoms. The molecule has 1 aromatic heterocycles. The number of benzene rings is 1. The van der Waals surface area contributed by atoms with E-state index < -0.39 is 0 Å². The molecule has 5 nitrogen and oxygen atoms in total. The zero-order chi connectivity index (χ0) is 17.8. The van der Waals surface area contributed by atoms with Crippen molar-refractivity contribution in [3.63, 3.8) is 0 Å². The van der Waals surface area contributed by atoms with E-state index in [1.54, 1.807) is 0 Å². The number of rotatable bonds is 5. The number of amides is 1. The SMILES string of the molecule is CCNc1nc(C)c(C(=O)N2CCC[C@H](C(=O)c3ccccc3)C2)s1. The molecule has 1 fully saturated rings. The van der Waals surface area contributed by atoms with Crippen molar-refractivity contribution in [3.05, 3.63) is 46.5 Å². The number of carbonyl (C=O) groups excluding carboxylic acids is 2. The second-order valence-electron chi connectivity index (χ2n) is 6.28. The van der Waals surface area contributed by atoms with Crippen LogP contribution in [0.15, 0.2) is 30.3 Å². The Kier molecular flexibility index (Phi) is 5.48. The van der Waals surface area contributed by atoms with E-state index in [1.165, 1.54) is 11.3 Å². The van der Waals surface area contributed by atoms with E-state index >= 15 is 0 Å². The van der Waals surface area contributed by atoms with Crippen molar-refractivity contribution in [2.75, 3.05) is 25.0 Å². The van der Waals surface area contributed by atoms with Crippen LogP contribution in [-0.4, -0.2) is 41.2 Å². The van der Waals surface area contributed by atoms with Crippen LogP contribution in [0, 0.1) is 12.8 Å². The smallest absolute Gasteiger partial charge is 0.265 e. The Balaban J connectivity index is 1.73. The quantitative estimate of drug-likeness (QED) is 0.830. The molecule has 0 aliphatic carbocycles. The topological polar surface area (TPSA) is 62.3 Å². The number of Topliss-reactive ketones (excluding diaryl/α,β-unsaturated/α-hetero) is 1. The molecule has 0 unspecified atom stereocenters. The fourth-order valence-electron chi connectivity index (χ4n) is 3.18. The van der Waals surface area contributed by atoms with Crippen LogP contribution >= 0.6 is 11.3 Å². The van der Waals surface area contributed by atoms with Crippen molar-refractivity contribution in [2.45, 2.75) is 26.7 Å². The maximum atomic E-state index is 12.9. The highest BCUT2D eigenvalue weighted by Gasteiger charge is 2.31. The molecule has 0 spiro atoms. The highest BCUT2D eigenvalue weighted by Crippen LogP contribution is 2.27. The highest BCUT2D eigenvalue weighted by atomic mass is 32.1. The minimum absolute atomic E-state index is 0.00952. The van der Waals surface area contributed by atoms with E-state index in [-0.39, 0.29) is 17.6 Å². The van der Waals surface area contributed by atoms with Gasteiger partial charge < -0.3 is 10.2 Å². The molecule has 1 aromatic carbocycles. The van der Waals surface area contributed by atoms with Crippen LogP contribution in [0.25, 0.3) is 0 Å². The lowest BCUT2D eigenvalue weighted by molar-refractivity contribution is 0.0640. The van der Waals surface area contributed by atoms with Crippen LogP contribution in [0.4, 0.5) is 5.13 Å². The summed E-state index contributed by atoms with van der Waals surface area (Å²) in [7, 11) is 0. The van der Waals surface area contributed by atoms with Gasteiger partial charge in [0.1, 0.15) is 4.88 Å². The van der Waals surface area contributed by atoms with Crippen molar-refractivity contribution in [3.8, 4) is 0 Å². The van der Waals surface area contributed by atoms with Crippen LogP contribution in [0.2, 0.25) is 0 Å². The Morgan fingerprint density at radius 3 is 2.80 bits per heavy atom. The summed E-state index contributed by atoms with van der Waals surface area (Å²) in [6.07, 6.45) is 1.69. The summed E-state index contributed by atoms with van der Waals surface area (Å²) in [5.41, 5.74) is 1.48. The summed E-state index contributed by atoms with van der Waals surface area (Å²) >= 11 is 1.39. The monoisotopic (exact) mass is 357 g/mol. The number of carbonyl (C=O) groups is 2. The zero-order valence-corrected chi connectivity index (χ0v) is 15.4. The van der Waals surface area contributed by atoms with E-state index in [1.807, 2.05) is 49.1 Å². The normalized spacial score (nSPS) is 17.4. The van der Waals surface area contributed by atoms with Gasteiger partial charge in [0.15, 0.2) is 10.9 Å². The minimum atomic E-state index is -0.124. The zero-order valence-electron chi connectivity index (χ0n) is 14.6. The molecule has 0 bridgehead atoms. The molecule has 0 radical (unpaired) electrons. The second kappa shape index (κ2) is 7.78. The van der Waals surface area contributed by atoms with Gasteiger partial charge >= 0.3 is 0 Å². The molecular formula is C19H23N3O2S. The molecular weight excluding hydrogens is 334 g/mol. The molecule has 1 aliphatic rings. The van der Waals surface area contributed by atoms with Crippen LogP contribution in [0.5, 0.6) is 0 Å². The van der Waals surface area contributed by atoms with Crippen molar-refractivity contribution >= 4 is 28.2 Å². The van der Waals surface area contributed by atoms with Gasteiger partial charge in [-0.15, -0.1) is 0 Å². The fourth-order valence-corrected chi connectivity index (χ4v) is 4.18. The number of aromatic nitrogens is 1. The molecule has 132 valence electrons. The number of hydrogen-bond donors (Lipinski definition) is 1. The van der Waals surface area contributed by atoms with E-state index in [0.29, 0.717) is 18.0 Å². The second-order valence-corrected chi connectivity index (χ2v) is 7.28. The maximum Gasteiger partial charge on any atom is 0.265 e.